The van der Waals surface area contributed by atoms with Crippen LogP contribution in [0.3, 0.4) is 0 Å². The quantitative estimate of drug-likeness (QED) is 0.119. The summed E-state index contributed by atoms with van der Waals surface area (Å²) in [4.78, 5) is 18.3. The van der Waals surface area contributed by atoms with Gasteiger partial charge in [0.15, 0.2) is 12.3 Å². The Labute approximate surface area is 312 Å². The summed E-state index contributed by atoms with van der Waals surface area (Å²) < 4.78 is 4.17. The lowest BCUT2D eigenvalue weighted by atomic mass is 9.79. The number of carboxylic acids is 1. The molecule has 0 saturated heterocycles. The summed E-state index contributed by atoms with van der Waals surface area (Å²) in [6, 6.07) is 25.8. The number of benzene rings is 4. The Kier molecular flexibility index (Phi) is 10.2. The van der Waals surface area contributed by atoms with E-state index >= 15 is 0 Å². The third kappa shape index (κ3) is 6.55. The van der Waals surface area contributed by atoms with Crippen LogP contribution < -0.4 is 17.3 Å². The van der Waals surface area contributed by atoms with Crippen molar-refractivity contribution in [2.45, 2.75) is 51.4 Å². The molecule has 52 heavy (non-hydrogen) atoms. The minimum atomic E-state index is -0.798. The molecule has 2 aliphatic rings. The second-order valence-electron chi connectivity index (χ2n) is 14.4. The molecule has 1 N–H and O–H groups in total. The second kappa shape index (κ2) is 14.6. The summed E-state index contributed by atoms with van der Waals surface area (Å²) in [7, 11) is 0. The van der Waals surface area contributed by atoms with Gasteiger partial charge in [-0.3, -0.25) is 4.79 Å². The summed E-state index contributed by atoms with van der Waals surface area (Å²) in [5.74, 6) is -0.798. The number of halogens is 1. The SMILES string of the molecule is C=C(CCN1/C(=C/C=C/C=C/C=C/C2=[N+](CCC(=O)O)c3ccc4ccccc4c3C2(C)C)C(C)(C)c2c1ccc1ccccc21)n1ccnc1.[Cl-]. The largest absolute Gasteiger partial charge is 1.00 e. The van der Waals surface area contributed by atoms with E-state index in [1.54, 1.807) is 12.5 Å². The van der Waals surface area contributed by atoms with E-state index in [0.29, 0.717) is 6.54 Å². The van der Waals surface area contributed by atoms with Crippen molar-refractivity contribution in [3.63, 3.8) is 0 Å². The van der Waals surface area contributed by atoms with Crippen LogP contribution in [0.15, 0.2) is 146 Å². The minimum absolute atomic E-state index is 0. The lowest BCUT2D eigenvalue weighted by molar-refractivity contribution is -0.436. The van der Waals surface area contributed by atoms with Gasteiger partial charge in [0.2, 0.25) is 5.69 Å². The number of rotatable bonds is 11. The minimum Gasteiger partial charge on any atom is -1.00 e. The first-order chi connectivity index (χ1) is 24.6. The second-order valence-corrected chi connectivity index (χ2v) is 14.4. The van der Waals surface area contributed by atoms with Gasteiger partial charge in [-0.05, 0) is 59.2 Å². The summed E-state index contributed by atoms with van der Waals surface area (Å²) in [5, 5.41) is 14.5. The molecule has 6 nitrogen and oxygen atoms in total. The topological polar surface area (TPSA) is 61.4 Å². The Morgan fingerprint density at radius 2 is 1.48 bits per heavy atom. The number of fused-ring (bicyclic) bond motifs is 6. The van der Waals surface area contributed by atoms with Gasteiger partial charge >= 0.3 is 5.97 Å². The maximum atomic E-state index is 11.6. The van der Waals surface area contributed by atoms with Crippen LogP contribution in [0.5, 0.6) is 0 Å². The van der Waals surface area contributed by atoms with Crippen LogP contribution in [-0.4, -0.2) is 44.0 Å². The van der Waals surface area contributed by atoms with Crippen molar-refractivity contribution in [3.8, 4) is 0 Å². The molecule has 0 bridgehead atoms. The Morgan fingerprint density at radius 1 is 0.827 bits per heavy atom. The average molecular weight is 709 g/mol. The first-order valence-corrected chi connectivity index (χ1v) is 17.7. The number of imidazole rings is 1. The number of nitrogens with zero attached hydrogens (tertiary/aromatic N) is 4. The molecule has 7 heteroatoms. The predicted octanol–water partition coefficient (Wildman–Crippen LogP) is 6.96. The Balaban J connectivity index is 0.00000464. The van der Waals surface area contributed by atoms with Crippen molar-refractivity contribution >= 4 is 50.3 Å². The van der Waals surface area contributed by atoms with Gasteiger partial charge in [0.1, 0.15) is 6.42 Å². The number of allylic oxidation sites excluding steroid dienone is 8. The van der Waals surface area contributed by atoms with Crippen LogP contribution in [0, 0.1) is 0 Å². The highest BCUT2D eigenvalue weighted by atomic mass is 35.5. The molecular weight excluding hydrogens is 664 g/mol. The number of hydrogen-bond donors (Lipinski definition) is 1. The molecule has 4 aromatic carbocycles. The highest BCUT2D eigenvalue weighted by Crippen LogP contribution is 2.51. The van der Waals surface area contributed by atoms with Crippen LogP contribution >= 0.6 is 0 Å². The summed E-state index contributed by atoms with van der Waals surface area (Å²) in [6.07, 6.45) is 21.1. The van der Waals surface area contributed by atoms with Crippen LogP contribution in [0.4, 0.5) is 11.4 Å². The highest BCUT2D eigenvalue weighted by molar-refractivity contribution is 6.07. The van der Waals surface area contributed by atoms with Gasteiger partial charge in [0.05, 0.1) is 11.7 Å². The molecule has 0 radical (unpaired) electrons. The third-order valence-electron chi connectivity index (χ3n) is 10.5. The van der Waals surface area contributed by atoms with Gasteiger partial charge in [-0.15, -0.1) is 0 Å². The van der Waals surface area contributed by atoms with Crippen molar-refractivity contribution in [1.29, 1.82) is 0 Å². The van der Waals surface area contributed by atoms with Crippen LogP contribution in [0.25, 0.3) is 27.2 Å². The van der Waals surface area contributed by atoms with Crippen LogP contribution in [0.2, 0.25) is 0 Å². The first-order valence-electron chi connectivity index (χ1n) is 17.7. The third-order valence-corrected chi connectivity index (χ3v) is 10.5. The van der Waals surface area contributed by atoms with Gasteiger partial charge in [0.25, 0.3) is 0 Å². The average Bonchev–Trinajstić information content (AvgIpc) is 3.79. The maximum Gasteiger partial charge on any atom is 0.309 e. The molecule has 0 aliphatic carbocycles. The van der Waals surface area contributed by atoms with Gasteiger partial charge in [-0.1, -0.05) is 105 Å². The molecule has 3 heterocycles. The van der Waals surface area contributed by atoms with E-state index < -0.39 is 5.97 Å². The van der Waals surface area contributed by atoms with E-state index in [0.717, 1.165) is 30.1 Å². The molecule has 1 aromatic heterocycles. The number of carboxylic acid groups (broad SMARTS) is 1. The highest BCUT2D eigenvalue weighted by Gasteiger charge is 2.45. The van der Waals surface area contributed by atoms with Crippen LogP contribution in [0.1, 0.15) is 51.7 Å². The Bertz CT molecular complexity index is 2320. The molecular formula is C45H45ClN4O2. The summed E-state index contributed by atoms with van der Waals surface area (Å²) in [6.45, 7) is 14.6. The smallest absolute Gasteiger partial charge is 0.309 e. The van der Waals surface area contributed by atoms with E-state index in [1.807, 2.05) is 16.8 Å². The van der Waals surface area contributed by atoms with Crippen molar-refractivity contribution in [3.05, 3.63) is 157 Å². The van der Waals surface area contributed by atoms with Crippen molar-refractivity contribution in [1.82, 2.24) is 9.55 Å². The fourth-order valence-corrected chi connectivity index (χ4v) is 8.06. The summed E-state index contributed by atoms with van der Waals surface area (Å²) >= 11 is 0. The fraction of sp³-hybridized carbons (Fsp3) is 0.222. The van der Waals surface area contributed by atoms with Gasteiger partial charge < -0.3 is 27.0 Å². The predicted molar refractivity (Wildman–Crippen MR) is 211 cm³/mol. The van der Waals surface area contributed by atoms with Gasteiger partial charge in [-0.25, -0.2) is 4.98 Å². The molecule has 7 rings (SSSR count). The number of aliphatic carboxylic acids is 1. The molecule has 5 aromatic rings. The van der Waals surface area contributed by atoms with Crippen molar-refractivity contribution in [2.24, 2.45) is 0 Å². The zero-order chi connectivity index (χ0) is 35.8. The molecule has 0 saturated carbocycles. The summed E-state index contributed by atoms with van der Waals surface area (Å²) in [5.41, 5.74) is 7.77. The molecule has 2 aliphatic heterocycles. The standard InChI is InChI=1S/C45H44N4O2.ClH/c1-32(47-30-27-46-31-47)25-28-48-37-23-21-33-15-11-13-17-35(33)42(37)44(2,3)39(48)19-9-7-6-8-10-20-40-45(4,5)43-36-18-14-12-16-34(36)22-24-38(43)49(40)29-26-41(50)51;/h6-24,27,30-31H,1,25-26,28-29H2,2-5H3;1H. The van der Waals surface area contributed by atoms with Crippen molar-refractivity contribution < 1.29 is 26.9 Å². The Hall–Kier alpha value is -5.46. The maximum absolute atomic E-state index is 11.6. The molecule has 0 unspecified atom stereocenters. The van der Waals surface area contributed by atoms with Gasteiger partial charge in [-0.2, -0.15) is 4.58 Å². The zero-order valence-electron chi connectivity index (χ0n) is 30.3. The fourth-order valence-electron chi connectivity index (χ4n) is 8.06. The van der Waals surface area contributed by atoms with Crippen molar-refractivity contribution in [2.75, 3.05) is 18.0 Å². The van der Waals surface area contributed by atoms with E-state index in [4.69, 9.17) is 0 Å². The number of hydrogen-bond acceptors (Lipinski definition) is 3. The van der Waals surface area contributed by atoms with Gasteiger partial charge in [0, 0.05) is 65.6 Å². The molecule has 0 spiro atoms. The molecule has 0 fully saturated rings. The number of carbonyl (C=O) groups is 1. The zero-order valence-corrected chi connectivity index (χ0v) is 31.0. The van der Waals surface area contributed by atoms with E-state index in [1.165, 1.54) is 44.1 Å². The normalized spacial score (nSPS) is 16.8. The first kappa shape index (κ1) is 36.3. The lowest BCUT2D eigenvalue weighted by Crippen LogP contribution is -3.00. The van der Waals surface area contributed by atoms with E-state index in [9.17, 15) is 9.90 Å². The van der Waals surface area contributed by atoms with E-state index in [-0.39, 0.29) is 29.7 Å². The monoisotopic (exact) mass is 708 g/mol. The molecule has 264 valence electrons. The number of aromatic nitrogens is 2. The molecule has 0 atom stereocenters. The van der Waals surface area contributed by atoms with E-state index in [2.05, 4.69) is 158 Å². The lowest BCUT2D eigenvalue weighted by Gasteiger charge is -2.27. The Morgan fingerprint density at radius 3 is 2.17 bits per heavy atom. The van der Waals surface area contributed by atoms with Crippen LogP contribution in [-0.2, 0) is 15.6 Å². The molecule has 0 amide bonds. The number of anilines is 1.